The fraction of sp³-hybridized carbons (Fsp3) is 0.750. The van der Waals surface area contributed by atoms with Gasteiger partial charge in [0.15, 0.2) is 11.6 Å². The van der Waals surface area contributed by atoms with Gasteiger partial charge >= 0.3 is 0 Å². The van der Waals surface area contributed by atoms with Gasteiger partial charge in [0.25, 0.3) is 0 Å². The molecule has 5 aliphatic carbocycles. The van der Waals surface area contributed by atoms with Crippen molar-refractivity contribution in [2.75, 3.05) is 13.2 Å². The van der Waals surface area contributed by atoms with E-state index < -0.39 is 16.2 Å². The minimum Gasteiger partial charge on any atom is -0.395 e. The first kappa shape index (κ1) is 27.3. The molecule has 3 saturated carbocycles. The molecule has 0 aromatic carbocycles. The summed E-state index contributed by atoms with van der Waals surface area (Å²) in [6, 6.07) is 2.10. The molecule has 5 aliphatic rings. The van der Waals surface area contributed by atoms with Crippen LogP contribution < -0.4 is 5.32 Å². The molecule has 6 nitrogen and oxygen atoms in total. The summed E-state index contributed by atoms with van der Waals surface area (Å²) in [7, 11) is 0. The van der Waals surface area contributed by atoms with Crippen molar-refractivity contribution in [2.24, 2.45) is 50.7 Å². The fourth-order valence-electron chi connectivity index (χ4n) is 10.0. The summed E-state index contributed by atoms with van der Waals surface area (Å²) in [5.41, 5.74) is -1.29. The van der Waals surface area contributed by atoms with Crippen LogP contribution in [-0.4, -0.2) is 35.7 Å². The van der Waals surface area contributed by atoms with Gasteiger partial charge in [-0.05, 0) is 93.5 Å². The highest BCUT2D eigenvalue weighted by Gasteiger charge is 2.67. The lowest BCUT2D eigenvalue weighted by atomic mass is 9.38. The van der Waals surface area contributed by atoms with Crippen LogP contribution in [0, 0.1) is 62.1 Å². The zero-order valence-corrected chi connectivity index (χ0v) is 23.9. The third kappa shape index (κ3) is 3.43. The molecule has 4 unspecified atom stereocenters. The van der Waals surface area contributed by atoms with Crippen LogP contribution in [0.4, 0.5) is 0 Å². The molecule has 0 bridgehead atoms. The Morgan fingerprint density at radius 2 is 1.79 bits per heavy atom. The SMILES string of the molecule is CCNC(=O)[C@@]12CCC3C(C(=O)C=C4[C@@]5(C)C=C(C#N)C(=O)[C@@](C)(CO)C5CC[C@]43C)C1CC(C)(C)CC2. The number of rotatable bonds is 3. The van der Waals surface area contributed by atoms with Gasteiger partial charge in [-0.3, -0.25) is 14.4 Å². The summed E-state index contributed by atoms with van der Waals surface area (Å²) in [6.45, 7) is 12.9. The van der Waals surface area contributed by atoms with Crippen molar-refractivity contribution in [1.29, 1.82) is 5.26 Å². The first-order chi connectivity index (χ1) is 17.7. The molecule has 38 heavy (non-hydrogen) atoms. The van der Waals surface area contributed by atoms with E-state index in [0.717, 1.165) is 50.5 Å². The lowest BCUT2D eigenvalue weighted by molar-refractivity contribution is -0.161. The molecule has 3 fully saturated rings. The number of amides is 1. The Labute approximate surface area is 227 Å². The maximum atomic E-state index is 14.3. The van der Waals surface area contributed by atoms with Crippen molar-refractivity contribution in [3.63, 3.8) is 0 Å². The quantitative estimate of drug-likeness (QED) is 0.549. The first-order valence-corrected chi connectivity index (χ1v) is 14.6. The van der Waals surface area contributed by atoms with Gasteiger partial charge in [-0.15, -0.1) is 0 Å². The minimum absolute atomic E-state index is 0.00468. The highest BCUT2D eigenvalue weighted by atomic mass is 16.3. The van der Waals surface area contributed by atoms with E-state index in [9.17, 15) is 24.8 Å². The molecular formula is C32H44N2O4. The van der Waals surface area contributed by atoms with E-state index in [-0.39, 0.29) is 64.2 Å². The van der Waals surface area contributed by atoms with Crippen LogP contribution in [-0.2, 0) is 14.4 Å². The van der Waals surface area contributed by atoms with Crippen LogP contribution in [0.3, 0.4) is 0 Å². The van der Waals surface area contributed by atoms with Crippen molar-refractivity contribution < 1.29 is 19.5 Å². The second kappa shape index (κ2) is 8.62. The zero-order chi connectivity index (χ0) is 27.9. The van der Waals surface area contributed by atoms with Gasteiger partial charge in [0.2, 0.25) is 5.91 Å². The summed E-state index contributed by atoms with van der Waals surface area (Å²) < 4.78 is 0. The minimum atomic E-state index is -1.05. The van der Waals surface area contributed by atoms with Crippen LogP contribution in [0.2, 0.25) is 0 Å². The molecule has 0 saturated heterocycles. The highest BCUT2D eigenvalue weighted by Crippen LogP contribution is 2.70. The molecule has 0 aromatic rings. The number of hydrogen-bond acceptors (Lipinski definition) is 5. The number of carbonyl (C=O) groups excluding carboxylic acids is 3. The number of aliphatic hydroxyl groups excluding tert-OH is 1. The number of allylic oxidation sites excluding steroid dienone is 4. The topological polar surface area (TPSA) is 107 Å². The lowest BCUT2D eigenvalue weighted by Crippen LogP contribution is -2.63. The smallest absolute Gasteiger partial charge is 0.226 e. The Kier molecular flexibility index (Phi) is 6.19. The Balaban J connectivity index is 1.65. The van der Waals surface area contributed by atoms with Gasteiger partial charge in [0.1, 0.15) is 6.07 Å². The standard InChI is InChI=1S/C32H44N2O4/c1-7-34-27(38)32-11-8-20-25(21(32)16-28(2,3)12-13-32)22(36)14-24-29(20,4)10-9-23-30(24,5)15-19(17-33)26(37)31(23,6)18-35/h14-15,20-21,23,25,35H,7-13,16,18H2,1-6H3,(H,34,38)/t20?,21?,23?,25?,29-,30-,31-,32+/m0/s1. The molecular weight excluding hydrogens is 476 g/mol. The molecule has 5 rings (SSSR count). The average molecular weight is 521 g/mol. The van der Waals surface area contributed by atoms with Gasteiger partial charge in [-0.1, -0.05) is 39.3 Å². The van der Waals surface area contributed by atoms with Crippen molar-refractivity contribution in [2.45, 2.75) is 86.5 Å². The van der Waals surface area contributed by atoms with Gasteiger partial charge in [0, 0.05) is 17.9 Å². The van der Waals surface area contributed by atoms with Gasteiger partial charge in [-0.2, -0.15) is 5.26 Å². The molecule has 8 atom stereocenters. The fourth-order valence-corrected chi connectivity index (χ4v) is 10.0. The Hall–Kier alpha value is -2.26. The molecule has 0 aliphatic heterocycles. The molecule has 2 N–H and O–H groups in total. The number of Topliss-reactive ketones (excluding diaryl/α,β-unsaturated/α-hetero) is 1. The summed E-state index contributed by atoms with van der Waals surface area (Å²) in [4.78, 5) is 41.1. The molecule has 0 aromatic heterocycles. The van der Waals surface area contributed by atoms with Crippen LogP contribution in [0.15, 0.2) is 23.3 Å². The maximum Gasteiger partial charge on any atom is 0.226 e. The summed E-state index contributed by atoms with van der Waals surface area (Å²) in [5.74, 6) is -0.323. The van der Waals surface area contributed by atoms with Gasteiger partial charge in [-0.25, -0.2) is 0 Å². The number of nitrogens with zero attached hydrogens (tertiary/aromatic N) is 1. The van der Waals surface area contributed by atoms with Crippen LogP contribution >= 0.6 is 0 Å². The predicted octanol–water partition coefficient (Wildman–Crippen LogP) is 4.92. The maximum absolute atomic E-state index is 14.3. The zero-order valence-electron chi connectivity index (χ0n) is 23.9. The summed E-state index contributed by atoms with van der Waals surface area (Å²) in [6.07, 6.45) is 9.53. The van der Waals surface area contributed by atoms with E-state index in [1.54, 1.807) is 13.0 Å². The van der Waals surface area contributed by atoms with Gasteiger partial charge < -0.3 is 10.4 Å². The molecule has 0 heterocycles. The normalized spacial score (nSPS) is 45.3. The van der Waals surface area contributed by atoms with E-state index in [1.807, 2.05) is 13.0 Å². The van der Waals surface area contributed by atoms with E-state index in [4.69, 9.17) is 0 Å². The van der Waals surface area contributed by atoms with E-state index >= 15 is 0 Å². The van der Waals surface area contributed by atoms with Crippen LogP contribution in [0.5, 0.6) is 0 Å². The monoisotopic (exact) mass is 520 g/mol. The number of nitriles is 1. The van der Waals surface area contributed by atoms with Gasteiger partial charge in [0.05, 0.1) is 23.0 Å². The summed E-state index contributed by atoms with van der Waals surface area (Å²) >= 11 is 0. The van der Waals surface area contributed by atoms with E-state index in [0.29, 0.717) is 6.54 Å². The van der Waals surface area contributed by atoms with Crippen molar-refractivity contribution in [3.8, 4) is 6.07 Å². The number of ketones is 2. The highest BCUT2D eigenvalue weighted by molar-refractivity contribution is 6.05. The Morgan fingerprint density at radius 1 is 1.08 bits per heavy atom. The first-order valence-electron chi connectivity index (χ1n) is 14.6. The average Bonchev–Trinajstić information content (AvgIpc) is 2.87. The van der Waals surface area contributed by atoms with Crippen molar-refractivity contribution in [3.05, 3.63) is 23.3 Å². The van der Waals surface area contributed by atoms with E-state index in [2.05, 4.69) is 39.1 Å². The number of hydrogen-bond donors (Lipinski definition) is 2. The lowest BCUT2D eigenvalue weighted by Gasteiger charge is -2.65. The van der Waals surface area contributed by atoms with Crippen LogP contribution in [0.25, 0.3) is 0 Å². The second-order valence-electron chi connectivity index (χ2n) is 14.5. The molecule has 6 heteroatoms. The summed E-state index contributed by atoms with van der Waals surface area (Å²) in [5, 5.41) is 23.4. The number of aliphatic hydroxyl groups is 1. The van der Waals surface area contributed by atoms with Crippen molar-refractivity contribution in [1.82, 2.24) is 5.32 Å². The van der Waals surface area contributed by atoms with Crippen molar-refractivity contribution >= 4 is 17.5 Å². The van der Waals surface area contributed by atoms with E-state index in [1.165, 1.54) is 0 Å². The number of carbonyl (C=O) groups is 3. The molecule has 206 valence electrons. The predicted molar refractivity (Wildman–Crippen MR) is 144 cm³/mol. The number of nitrogens with one attached hydrogen (secondary N) is 1. The molecule has 0 radical (unpaired) electrons. The second-order valence-corrected chi connectivity index (χ2v) is 14.5. The Bertz CT molecular complexity index is 1190. The number of fused-ring (bicyclic) bond motifs is 7. The third-order valence-corrected chi connectivity index (χ3v) is 12.0. The van der Waals surface area contributed by atoms with Crippen LogP contribution in [0.1, 0.15) is 86.5 Å². The Morgan fingerprint density at radius 3 is 2.42 bits per heavy atom. The largest absolute Gasteiger partial charge is 0.395 e. The molecule has 0 spiro atoms. The molecule has 1 amide bonds. The third-order valence-electron chi connectivity index (χ3n) is 12.0.